The molecule has 4 heteroatoms. The summed E-state index contributed by atoms with van der Waals surface area (Å²) in [5.74, 6) is 0.248. The van der Waals surface area contributed by atoms with Crippen LogP contribution in [0.3, 0.4) is 0 Å². The van der Waals surface area contributed by atoms with Crippen LogP contribution in [0.2, 0.25) is 0 Å². The molecule has 4 nitrogen and oxygen atoms in total. The molecular weight excluding hydrogens is 192 g/mol. The Morgan fingerprint density at radius 1 is 1.53 bits per heavy atom. The van der Waals surface area contributed by atoms with Gasteiger partial charge >= 0.3 is 5.97 Å². The SMILES string of the molecule is CCCN1CC(N)CC(CC(=O)OC)C1. The summed E-state index contributed by atoms with van der Waals surface area (Å²) in [6, 6.07) is 0.208. The van der Waals surface area contributed by atoms with Crippen molar-refractivity contribution in [3.05, 3.63) is 0 Å². The van der Waals surface area contributed by atoms with E-state index in [1.807, 2.05) is 0 Å². The predicted molar refractivity (Wildman–Crippen MR) is 59.4 cm³/mol. The molecule has 1 fully saturated rings. The first-order valence-electron chi connectivity index (χ1n) is 5.70. The molecule has 0 aromatic heterocycles. The molecule has 0 aliphatic carbocycles. The Hall–Kier alpha value is -0.610. The van der Waals surface area contributed by atoms with Gasteiger partial charge < -0.3 is 15.4 Å². The molecule has 2 N–H and O–H groups in total. The Morgan fingerprint density at radius 3 is 2.87 bits per heavy atom. The Morgan fingerprint density at radius 2 is 2.27 bits per heavy atom. The molecule has 0 aromatic rings. The van der Waals surface area contributed by atoms with E-state index in [2.05, 4.69) is 16.6 Å². The van der Waals surface area contributed by atoms with Gasteiger partial charge in [0.25, 0.3) is 0 Å². The van der Waals surface area contributed by atoms with E-state index in [4.69, 9.17) is 5.73 Å². The minimum atomic E-state index is -0.120. The van der Waals surface area contributed by atoms with Gasteiger partial charge in [0.15, 0.2) is 0 Å². The molecule has 2 atom stereocenters. The second-order valence-electron chi connectivity index (χ2n) is 4.40. The van der Waals surface area contributed by atoms with E-state index in [9.17, 15) is 4.79 Å². The largest absolute Gasteiger partial charge is 0.469 e. The van der Waals surface area contributed by atoms with E-state index >= 15 is 0 Å². The third-order valence-corrected chi connectivity index (χ3v) is 2.87. The van der Waals surface area contributed by atoms with Crippen LogP contribution in [0.5, 0.6) is 0 Å². The number of carbonyl (C=O) groups excluding carboxylic acids is 1. The quantitative estimate of drug-likeness (QED) is 0.697. The number of methoxy groups -OCH3 is 1. The van der Waals surface area contributed by atoms with Crippen LogP contribution in [0.25, 0.3) is 0 Å². The Balaban J connectivity index is 2.40. The van der Waals surface area contributed by atoms with Crippen LogP contribution >= 0.6 is 0 Å². The van der Waals surface area contributed by atoms with Gasteiger partial charge in [0.2, 0.25) is 0 Å². The van der Waals surface area contributed by atoms with E-state index in [0.717, 1.165) is 32.5 Å². The molecular formula is C11H22N2O2. The fourth-order valence-corrected chi connectivity index (χ4v) is 2.31. The van der Waals surface area contributed by atoms with E-state index in [-0.39, 0.29) is 12.0 Å². The molecule has 0 amide bonds. The number of nitrogens with two attached hydrogens (primary N) is 1. The number of esters is 1. The lowest BCUT2D eigenvalue weighted by Crippen LogP contribution is -2.47. The van der Waals surface area contributed by atoms with Crippen molar-refractivity contribution < 1.29 is 9.53 Å². The number of nitrogens with zero attached hydrogens (tertiary/aromatic N) is 1. The number of rotatable bonds is 4. The number of likely N-dealkylation sites (tertiary alicyclic amines) is 1. The second kappa shape index (κ2) is 6.08. The highest BCUT2D eigenvalue weighted by atomic mass is 16.5. The van der Waals surface area contributed by atoms with Gasteiger partial charge in [-0.3, -0.25) is 4.79 Å². The Kier molecular flexibility index (Phi) is 5.05. The molecule has 15 heavy (non-hydrogen) atoms. The molecule has 0 spiro atoms. The summed E-state index contributed by atoms with van der Waals surface area (Å²) in [5, 5.41) is 0. The number of hydrogen-bond donors (Lipinski definition) is 1. The summed E-state index contributed by atoms with van der Waals surface area (Å²) < 4.78 is 4.69. The molecule has 1 saturated heterocycles. The minimum Gasteiger partial charge on any atom is -0.469 e. The zero-order valence-electron chi connectivity index (χ0n) is 9.74. The standard InChI is InChI=1S/C11H22N2O2/c1-3-4-13-7-9(5-10(12)8-13)6-11(14)15-2/h9-10H,3-8,12H2,1-2H3. The van der Waals surface area contributed by atoms with Crippen molar-refractivity contribution in [2.75, 3.05) is 26.7 Å². The third kappa shape index (κ3) is 4.18. The molecule has 0 radical (unpaired) electrons. The normalized spacial score (nSPS) is 27.7. The molecule has 0 bridgehead atoms. The van der Waals surface area contributed by atoms with Gasteiger partial charge in [-0.2, -0.15) is 0 Å². The summed E-state index contributed by atoms with van der Waals surface area (Å²) in [6.07, 6.45) is 2.58. The van der Waals surface area contributed by atoms with Crippen LogP contribution in [-0.4, -0.2) is 43.7 Å². The van der Waals surface area contributed by atoms with Crippen LogP contribution < -0.4 is 5.73 Å². The topological polar surface area (TPSA) is 55.6 Å². The molecule has 88 valence electrons. The highest BCUT2D eigenvalue weighted by Gasteiger charge is 2.26. The van der Waals surface area contributed by atoms with Crippen molar-refractivity contribution >= 4 is 5.97 Å². The number of hydrogen-bond acceptors (Lipinski definition) is 4. The first kappa shape index (κ1) is 12.5. The molecule has 0 aromatic carbocycles. The lowest BCUT2D eigenvalue weighted by molar-refractivity contribution is -0.142. The average molecular weight is 214 g/mol. The van der Waals surface area contributed by atoms with Crippen molar-refractivity contribution in [1.29, 1.82) is 0 Å². The van der Waals surface area contributed by atoms with Crippen LogP contribution in [0.1, 0.15) is 26.2 Å². The zero-order valence-corrected chi connectivity index (χ0v) is 9.74. The van der Waals surface area contributed by atoms with E-state index in [0.29, 0.717) is 12.3 Å². The first-order chi connectivity index (χ1) is 7.15. The van der Waals surface area contributed by atoms with Crippen LogP contribution in [0.4, 0.5) is 0 Å². The molecule has 1 rings (SSSR count). The maximum absolute atomic E-state index is 11.2. The van der Waals surface area contributed by atoms with Crippen LogP contribution in [-0.2, 0) is 9.53 Å². The predicted octanol–water partition coefficient (Wildman–Crippen LogP) is 0.609. The van der Waals surface area contributed by atoms with Crippen LogP contribution in [0.15, 0.2) is 0 Å². The van der Waals surface area contributed by atoms with E-state index in [1.54, 1.807) is 0 Å². The fourth-order valence-electron chi connectivity index (χ4n) is 2.31. The van der Waals surface area contributed by atoms with E-state index < -0.39 is 0 Å². The molecule has 0 saturated carbocycles. The fraction of sp³-hybridized carbons (Fsp3) is 0.909. The minimum absolute atomic E-state index is 0.120. The third-order valence-electron chi connectivity index (χ3n) is 2.87. The molecule has 1 aliphatic heterocycles. The Labute approximate surface area is 91.8 Å². The van der Waals surface area contributed by atoms with Crippen molar-refractivity contribution in [3.8, 4) is 0 Å². The van der Waals surface area contributed by atoms with Gasteiger partial charge in [0.05, 0.1) is 7.11 Å². The van der Waals surface area contributed by atoms with Gasteiger partial charge in [-0.05, 0) is 25.3 Å². The number of ether oxygens (including phenoxy) is 1. The summed E-state index contributed by atoms with van der Waals surface area (Å²) in [4.78, 5) is 13.5. The smallest absolute Gasteiger partial charge is 0.305 e. The Bertz CT molecular complexity index is 209. The molecule has 1 heterocycles. The van der Waals surface area contributed by atoms with Crippen molar-refractivity contribution in [1.82, 2.24) is 4.90 Å². The molecule has 2 unspecified atom stereocenters. The van der Waals surface area contributed by atoms with Gasteiger partial charge in [0.1, 0.15) is 0 Å². The highest BCUT2D eigenvalue weighted by molar-refractivity contribution is 5.69. The lowest BCUT2D eigenvalue weighted by Gasteiger charge is -2.35. The van der Waals surface area contributed by atoms with Crippen molar-refractivity contribution in [2.45, 2.75) is 32.2 Å². The highest BCUT2D eigenvalue weighted by Crippen LogP contribution is 2.19. The van der Waals surface area contributed by atoms with Gasteiger partial charge in [0, 0.05) is 25.6 Å². The first-order valence-corrected chi connectivity index (χ1v) is 5.70. The van der Waals surface area contributed by atoms with Crippen molar-refractivity contribution in [3.63, 3.8) is 0 Å². The summed E-state index contributed by atoms with van der Waals surface area (Å²) in [7, 11) is 1.44. The van der Waals surface area contributed by atoms with Crippen molar-refractivity contribution in [2.24, 2.45) is 11.7 Å². The summed E-state index contributed by atoms with van der Waals surface area (Å²) in [5.41, 5.74) is 5.97. The zero-order chi connectivity index (χ0) is 11.3. The number of carbonyl (C=O) groups is 1. The van der Waals surface area contributed by atoms with Gasteiger partial charge in [-0.25, -0.2) is 0 Å². The summed E-state index contributed by atoms with van der Waals surface area (Å²) >= 11 is 0. The lowest BCUT2D eigenvalue weighted by atomic mass is 9.92. The second-order valence-corrected chi connectivity index (χ2v) is 4.40. The maximum Gasteiger partial charge on any atom is 0.305 e. The van der Waals surface area contributed by atoms with Gasteiger partial charge in [-0.15, -0.1) is 0 Å². The summed E-state index contributed by atoms with van der Waals surface area (Å²) in [6.45, 7) is 5.18. The number of piperidine rings is 1. The van der Waals surface area contributed by atoms with Gasteiger partial charge in [-0.1, -0.05) is 6.92 Å². The maximum atomic E-state index is 11.2. The van der Waals surface area contributed by atoms with E-state index in [1.165, 1.54) is 7.11 Å². The molecule has 1 aliphatic rings. The monoisotopic (exact) mass is 214 g/mol. The average Bonchev–Trinajstić information content (AvgIpc) is 2.17. The van der Waals surface area contributed by atoms with Crippen LogP contribution in [0, 0.1) is 5.92 Å².